The number of ether oxygens (including phenoxy) is 2. The van der Waals surface area contributed by atoms with Crippen LogP contribution in [0.25, 0.3) is 11.1 Å². The van der Waals surface area contributed by atoms with Crippen molar-refractivity contribution in [3.63, 3.8) is 0 Å². The summed E-state index contributed by atoms with van der Waals surface area (Å²) >= 11 is 0. The van der Waals surface area contributed by atoms with Crippen molar-refractivity contribution in [2.75, 3.05) is 12.4 Å². The largest absolute Gasteiger partial charge is 0.471 e. The minimum absolute atomic E-state index is 0.136. The minimum Gasteiger partial charge on any atom is -0.471 e. The van der Waals surface area contributed by atoms with E-state index in [4.69, 9.17) is 9.47 Å². The molecule has 0 saturated heterocycles. The van der Waals surface area contributed by atoms with Gasteiger partial charge in [0.05, 0.1) is 18.5 Å². The van der Waals surface area contributed by atoms with E-state index in [-0.39, 0.29) is 18.1 Å². The summed E-state index contributed by atoms with van der Waals surface area (Å²) < 4.78 is 13.4. The zero-order chi connectivity index (χ0) is 23.4. The molecule has 0 bridgehead atoms. The summed E-state index contributed by atoms with van der Waals surface area (Å²) in [6.45, 7) is 1.83. The number of aryl methyl sites for hydroxylation is 2. The van der Waals surface area contributed by atoms with Crippen LogP contribution in [0.15, 0.2) is 66.9 Å². The van der Waals surface area contributed by atoms with Crippen molar-refractivity contribution in [2.24, 2.45) is 7.05 Å². The van der Waals surface area contributed by atoms with E-state index in [1.807, 2.05) is 54.6 Å². The van der Waals surface area contributed by atoms with Crippen LogP contribution in [0.3, 0.4) is 0 Å². The second kappa shape index (κ2) is 9.39. The summed E-state index contributed by atoms with van der Waals surface area (Å²) in [5, 5.41) is 11.1. The molecule has 1 amide bonds. The fourth-order valence-corrected chi connectivity index (χ4v) is 3.39. The average Bonchev–Trinajstić information content (AvgIpc) is 3.42. The van der Waals surface area contributed by atoms with Gasteiger partial charge in [0, 0.05) is 13.2 Å². The Hall–Kier alpha value is -4.40. The van der Waals surface area contributed by atoms with Crippen LogP contribution in [0.2, 0.25) is 0 Å². The molecular weight excluding hydrogens is 422 g/mol. The molecule has 0 unspecified atom stereocenters. The fraction of sp³-hybridized carbons (Fsp3) is 0.167. The van der Waals surface area contributed by atoms with Crippen molar-refractivity contribution in [1.29, 1.82) is 0 Å². The van der Waals surface area contributed by atoms with Gasteiger partial charge in [0.25, 0.3) is 5.91 Å². The van der Waals surface area contributed by atoms with Gasteiger partial charge < -0.3 is 14.8 Å². The lowest BCUT2D eigenvalue weighted by atomic mass is 10.1. The summed E-state index contributed by atoms with van der Waals surface area (Å²) in [4.78, 5) is 24.7. The Balaban J connectivity index is 1.39. The number of amides is 1. The molecule has 33 heavy (non-hydrogen) atoms. The number of rotatable bonds is 7. The maximum absolute atomic E-state index is 12.7. The SMILES string of the molecule is COC(=O)c1c(NC(=O)c2ccn(COc3ccc(-c4ccccc4)cc3)n2)c(C)nn1C. The van der Waals surface area contributed by atoms with E-state index >= 15 is 0 Å². The standard InChI is InChI=1S/C24H23N5O4/c1-16-21(22(24(31)32-3)28(2)26-16)25-23(30)20-13-14-29(27-20)15-33-19-11-9-18(10-12-19)17-7-5-4-6-8-17/h4-14H,15H2,1-3H3,(H,25,30). The smallest absolute Gasteiger partial charge is 0.358 e. The van der Waals surface area contributed by atoms with Crippen LogP contribution < -0.4 is 10.1 Å². The minimum atomic E-state index is -0.592. The van der Waals surface area contributed by atoms with E-state index in [2.05, 4.69) is 15.5 Å². The molecule has 0 saturated carbocycles. The third-order valence-electron chi connectivity index (χ3n) is 5.04. The highest BCUT2D eigenvalue weighted by Crippen LogP contribution is 2.23. The number of nitrogens with zero attached hydrogens (tertiary/aromatic N) is 4. The molecule has 0 atom stereocenters. The fourth-order valence-electron chi connectivity index (χ4n) is 3.39. The summed E-state index contributed by atoms with van der Waals surface area (Å²) in [6.07, 6.45) is 1.64. The van der Waals surface area contributed by atoms with Crippen LogP contribution in [-0.2, 0) is 18.5 Å². The Labute approximate surface area is 190 Å². The van der Waals surface area contributed by atoms with E-state index < -0.39 is 11.9 Å². The number of anilines is 1. The van der Waals surface area contributed by atoms with Crippen molar-refractivity contribution in [3.05, 3.63) is 83.9 Å². The summed E-state index contributed by atoms with van der Waals surface area (Å²) in [5.41, 5.74) is 3.35. The second-order valence-electron chi connectivity index (χ2n) is 7.28. The monoisotopic (exact) mass is 445 g/mol. The lowest BCUT2D eigenvalue weighted by molar-refractivity contribution is 0.0589. The molecule has 1 N–H and O–H groups in total. The van der Waals surface area contributed by atoms with Gasteiger partial charge in [-0.15, -0.1) is 0 Å². The molecule has 4 rings (SSSR count). The number of nitrogens with one attached hydrogen (secondary N) is 1. The molecule has 2 aromatic heterocycles. The predicted octanol–water partition coefficient (Wildman–Crippen LogP) is 3.67. The number of methoxy groups -OCH3 is 1. The van der Waals surface area contributed by atoms with E-state index in [0.29, 0.717) is 17.1 Å². The first-order valence-corrected chi connectivity index (χ1v) is 10.2. The predicted molar refractivity (Wildman–Crippen MR) is 122 cm³/mol. The normalized spacial score (nSPS) is 10.6. The van der Waals surface area contributed by atoms with Crippen molar-refractivity contribution >= 4 is 17.6 Å². The van der Waals surface area contributed by atoms with Crippen molar-refractivity contribution < 1.29 is 19.1 Å². The van der Waals surface area contributed by atoms with Gasteiger partial charge in [0.1, 0.15) is 5.75 Å². The third-order valence-corrected chi connectivity index (χ3v) is 5.04. The highest BCUT2D eigenvalue weighted by atomic mass is 16.5. The number of carbonyl (C=O) groups is 2. The molecule has 0 radical (unpaired) electrons. The number of benzene rings is 2. The maximum Gasteiger partial charge on any atom is 0.358 e. The van der Waals surface area contributed by atoms with Gasteiger partial charge in [-0.25, -0.2) is 9.48 Å². The number of hydrogen-bond donors (Lipinski definition) is 1. The molecule has 168 valence electrons. The first-order chi connectivity index (χ1) is 16.0. The summed E-state index contributed by atoms with van der Waals surface area (Å²) in [7, 11) is 2.88. The van der Waals surface area contributed by atoms with Gasteiger partial charge in [-0.2, -0.15) is 10.2 Å². The molecule has 0 aliphatic carbocycles. The lowest BCUT2D eigenvalue weighted by Gasteiger charge is -2.08. The Morgan fingerprint density at radius 1 is 0.970 bits per heavy atom. The van der Waals surface area contributed by atoms with Crippen LogP contribution in [0, 0.1) is 6.92 Å². The molecule has 0 fully saturated rings. The molecular formula is C24H23N5O4. The van der Waals surface area contributed by atoms with Gasteiger partial charge in [-0.1, -0.05) is 42.5 Å². The zero-order valence-corrected chi connectivity index (χ0v) is 18.5. The quantitative estimate of drug-likeness (QED) is 0.436. The zero-order valence-electron chi connectivity index (χ0n) is 18.5. The Kier molecular flexibility index (Phi) is 6.21. The lowest BCUT2D eigenvalue weighted by Crippen LogP contribution is -2.18. The van der Waals surface area contributed by atoms with E-state index in [0.717, 1.165) is 11.1 Å². The van der Waals surface area contributed by atoms with Gasteiger partial charge in [-0.05, 0) is 36.2 Å². The number of aromatic nitrogens is 4. The van der Waals surface area contributed by atoms with Crippen LogP contribution >= 0.6 is 0 Å². The second-order valence-corrected chi connectivity index (χ2v) is 7.28. The van der Waals surface area contributed by atoms with Crippen LogP contribution in [-0.4, -0.2) is 38.5 Å². The van der Waals surface area contributed by atoms with Crippen molar-refractivity contribution in [2.45, 2.75) is 13.7 Å². The van der Waals surface area contributed by atoms with E-state index in [9.17, 15) is 9.59 Å². The van der Waals surface area contributed by atoms with Gasteiger partial charge in [0.15, 0.2) is 18.1 Å². The first-order valence-electron chi connectivity index (χ1n) is 10.2. The van der Waals surface area contributed by atoms with Gasteiger partial charge >= 0.3 is 5.97 Å². The van der Waals surface area contributed by atoms with Crippen LogP contribution in [0.5, 0.6) is 5.75 Å². The van der Waals surface area contributed by atoms with Gasteiger partial charge in [-0.3, -0.25) is 9.48 Å². The average molecular weight is 445 g/mol. The van der Waals surface area contributed by atoms with Crippen LogP contribution in [0.4, 0.5) is 5.69 Å². The Morgan fingerprint density at radius 3 is 2.36 bits per heavy atom. The highest BCUT2D eigenvalue weighted by Gasteiger charge is 2.23. The molecule has 0 aliphatic heterocycles. The van der Waals surface area contributed by atoms with Crippen molar-refractivity contribution in [1.82, 2.24) is 19.6 Å². The van der Waals surface area contributed by atoms with Crippen LogP contribution in [0.1, 0.15) is 26.7 Å². The van der Waals surface area contributed by atoms with E-state index in [1.54, 1.807) is 26.2 Å². The molecule has 2 aromatic carbocycles. The maximum atomic E-state index is 12.7. The molecule has 4 aromatic rings. The molecule has 0 spiro atoms. The summed E-state index contributed by atoms with van der Waals surface area (Å²) in [5.74, 6) is -0.377. The number of esters is 1. The first kappa shape index (κ1) is 21.8. The third kappa shape index (κ3) is 4.77. The topological polar surface area (TPSA) is 100 Å². The Morgan fingerprint density at radius 2 is 1.67 bits per heavy atom. The molecule has 0 aliphatic rings. The highest BCUT2D eigenvalue weighted by molar-refractivity contribution is 6.07. The van der Waals surface area contributed by atoms with Gasteiger partial charge in [0.2, 0.25) is 0 Å². The molecule has 2 heterocycles. The summed E-state index contributed by atoms with van der Waals surface area (Å²) in [6, 6.07) is 19.4. The van der Waals surface area contributed by atoms with Crippen molar-refractivity contribution in [3.8, 4) is 16.9 Å². The number of carbonyl (C=O) groups excluding carboxylic acids is 2. The number of hydrogen-bond acceptors (Lipinski definition) is 6. The molecule has 9 heteroatoms. The Bertz CT molecular complexity index is 1280. The molecule has 9 nitrogen and oxygen atoms in total. The van der Waals surface area contributed by atoms with E-state index in [1.165, 1.54) is 16.5 Å².